The minimum absolute atomic E-state index is 0.158. The van der Waals surface area contributed by atoms with Gasteiger partial charge in [0.2, 0.25) is 5.91 Å². The number of halogens is 1. The normalized spacial score (nSPS) is 35.0. The number of nitrogens with one attached hydrogen (secondary N) is 1. The largest absolute Gasteiger partial charge is 0.343 e. The van der Waals surface area contributed by atoms with E-state index >= 15 is 0 Å². The van der Waals surface area contributed by atoms with E-state index in [0.717, 1.165) is 43.4 Å². The van der Waals surface area contributed by atoms with Gasteiger partial charge in [0.05, 0.1) is 17.2 Å². The topological polar surface area (TPSA) is 42.0 Å². The minimum atomic E-state index is -0.298. The fourth-order valence-corrected chi connectivity index (χ4v) is 6.91. The molecular weight excluding hydrogens is 356 g/mol. The summed E-state index contributed by atoms with van der Waals surface area (Å²) in [5.74, 6) is 1.39. The number of amides is 1. The molecule has 1 heterocycles. The highest BCUT2D eigenvalue weighted by molar-refractivity contribution is 6.24. The summed E-state index contributed by atoms with van der Waals surface area (Å²) in [5, 5.41) is 3.36. The van der Waals surface area contributed by atoms with Crippen LogP contribution in [0, 0.1) is 17.3 Å². The van der Waals surface area contributed by atoms with E-state index in [1.54, 1.807) is 6.20 Å². The van der Waals surface area contributed by atoms with Crippen molar-refractivity contribution in [1.82, 2.24) is 10.3 Å². The van der Waals surface area contributed by atoms with Gasteiger partial charge >= 0.3 is 0 Å². The standard InChI is InChI=1S/C23H25ClN2O/c24-23-13-16-10-17(14-23)12-22(11-16,15-23)21(27)26-20(18-6-2-1-3-7-18)19-8-4-5-9-25-19/h1-9,16-17,20H,10-15H2,(H,26,27). The van der Waals surface area contributed by atoms with E-state index in [2.05, 4.69) is 22.4 Å². The summed E-state index contributed by atoms with van der Waals surface area (Å²) < 4.78 is 0. The Balaban J connectivity index is 1.46. The van der Waals surface area contributed by atoms with Crippen LogP contribution in [-0.4, -0.2) is 15.8 Å². The first-order chi connectivity index (χ1) is 13.1. The summed E-state index contributed by atoms with van der Waals surface area (Å²) in [5.41, 5.74) is 1.64. The monoisotopic (exact) mass is 380 g/mol. The fraction of sp³-hybridized carbons (Fsp3) is 0.478. The van der Waals surface area contributed by atoms with Gasteiger partial charge in [-0.1, -0.05) is 36.4 Å². The van der Waals surface area contributed by atoms with Gasteiger partial charge in [-0.3, -0.25) is 9.78 Å². The third-order valence-corrected chi connectivity index (χ3v) is 7.31. The molecule has 4 aliphatic rings. The third kappa shape index (κ3) is 3.06. The summed E-state index contributed by atoms with van der Waals surface area (Å²) in [6.45, 7) is 0. The Morgan fingerprint density at radius 1 is 1.04 bits per heavy atom. The van der Waals surface area contributed by atoms with Crippen molar-refractivity contribution in [2.45, 2.75) is 49.4 Å². The first-order valence-electron chi connectivity index (χ1n) is 10.0. The molecule has 4 fully saturated rings. The average Bonchev–Trinajstić information content (AvgIpc) is 2.65. The van der Waals surface area contributed by atoms with E-state index in [1.165, 1.54) is 6.42 Å². The lowest BCUT2D eigenvalue weighted by Gasteiger charge is -2.59. The Labute approximate surface area is 165 Å². The molecule has 0 radical (unpaired) electrons. The number of hydrogen-bond donors (Lipinski definition) is 1. The molecule has 6 rings (SSSR count). The van der Waals surface area contributed by atoms with Gasteiger partial charge in [0.25, 0.3) is 0 Å². The Kier molecular flexibility index (Phi) is 4.05. The van der Waals surface area contributed by atoms with Crippen LogP contribution < -0.4 is 5.32 Å². The second-order valence-electron chi connectivity index (χ2n) is 8.96. The summed E-state index contributed by atoms with van der Waals surface area (Å²) in [6, 6.07) is 15.8. The second kappa shape index (κ2) is 6.34. The maximum absolute atomic E-state index is 13.6. The van der Waals surface area contributed by atoms with Crippen molar-refractivity contribution in [3.05, 3.63) is 66.0 Å². The minimum Gasteiger partial charge on any atom is -0.343 e. The van der Waals surface area contributed by atoms with E-state index in [1.807, 2.05) is 36.4 Å². The molecule has 1 aromatic carbocycles. The molecule has 1 amide bonds. The van der Waals surface area contributed by atoms with Crippen LogP contribution in [0.4, 0.5) is 0 Å². The van der Waals surface area contributed by atoms with Crippen molar-refractivity contribution in [1.29, 1.82) is 0 Å². The van der Waals surface area contributed by atoms with Gasteiger partial charge in [0.15, 0.2) is 0 Å². The van der Waals surface area contributed by atoms with Crippen molar-refractivity contribution in [2.24, 2.45) is 17.3 Å². The fourth-order valence-electron chi connectivity index (χ4n) is 6.22. The van der Waals surface area contributed by atoms with Gasteiger partial charge < -0.3 is 5.32 Å². The predicted molar refractivity (Wildman–Crippen MR) is 106 cm³/mol. The highest BCUT2D eigenvalue weighted by atomic mass is 35.5. The van der Waals surface area contributed by atoms with Crippen molar-refractivity contribution < 1.29 is 4.79 Å². The van der Waals surface area contributed by atoms with Crippen LogP contribution in [0.3, 0.4) is 0 Å². The lowest BCUT2D eigenvalue weighted by molar-refractivity contribution is -0.145. The molecule has 3 unspecified atom stereocenters. The predicted octanol–water partition coefficient (Wildman–Crippen LogP) is 4.87. The average molecular weight is 381 g/mol. The summed E-state index contributed by atoms with van der Waals surface area (Å²) in [6.07, 6.45) is 8.03. The Morgan fingerprint density at radius 3 is 2.37 bits per heavy atom. The van der Waals surface area contributed by atoms with Crippen molar-refractivity contribution in [2.75, 3.05) is 0 Å². The third-order valence-electron chi connectivity index (χ3n) is 6.86. The second-order valence-corrected chi connectivity index (χ2v) is 9.77. The van der Waals surface area contributed by atoms with Gasteiger partial charge in [-0.05, 0) is 68.1 Å². The van der Waals surface area contributed by atoms with Crippen LogP contribution in [0.1, 0.15) is 55.8 Å². The number of hydrogen-bond acceptors (Lipinski definition) is 2. The number of rotatable bonds is 4. The lowest BCUT2D eigenvalue weighted by atomic mass is 9.49. The SMILES string of the molecule is O=C(NC(c1ccccc1)c1ccccn1)C12CC3CC(CC(Cl)(C3)C1)C2. The molecule has 4 heteroatoms. The summed E-state index contributed by atoms with van der Waals surface area (Å²) in [4.78, 5) is 18.0. The van der Waals surface area contributed by atoms with E-state index in [9.17, 15) is 4.79 Å². The van der Waals surface area contributed by atoms with Gasteiger partial charge in [-0.15, -0.1) is 11.6 Å². The van der Waals surface area contributed by atoms with E-state index in [0.29, 0.717) is 11.8 Å². The van der Waals surface area contributed by atoms with Crippen molar-refractivity contribution in [3.8, 4) is 0 Å². The van der Waals surface area contributed by atoms with Gasteiger partial charge in [-0.25, -0.2) is 0 Å². The molecule has 1 aromatic heterocycles. The van der Waals surface area contributed by atoms with Crippen LogP contribution in [0.15, 0.2) is 54.7 Å². The lowest BCUT2D eigenvalue weighted by Crippen LogP contribution is -2.58. The van der Waals surface area contributed by atoms with Crippen LogP contribution in [-0.2, 0) is 4.79 Å². The number of carbonyl (C=O) groups excluding carboxylic acids is 1. The van der Waals surface area contributed by atoms with Crippen LogP contribution in [0.5, 0.6) is 0 Å². The smallest absolute Gasteiger partial charge is 0.227 e. The van der Waals surface area contributed by atoms with E-state index < -0.39 is 0 Å². The summed E-state index contributed by atoms with van der Waals surface area (Å²) >= 11 is 6.94. The number of pyridine rings is 1. The Hall–Kier alpha value is -1.87. The quantitative estimate of drug-likeness (QED) is 0.769. The zero-order valence-corrected chi connectivity index (χ0v) is 16.2. The maximum atomic E-state index is 13.6. The van der Waals surface area contributed by atoms with E-state index in [4.69, 9.17) is 11.6 Å². The molecular formula is C23H25ClN2O. The van der Waals surface area contributed by atoms with Gasteiger partial charge in [0, 0.05) is 11.1 Å². The molecule has 4 bridgehead atoms. The van der Waals surface area contributed by atoms with Crippen LogP contribution >= 0.6 is 11.6 Å². The zero-order valence-electron chi connectivity index (χ0n) is 15.4. The highest BCUT2D eigenvalue weighted by Gasteiger charge is 2.60. The van der Waals surface area contributed by atoms with Crippen LogP contribution in [0.2, 0.25) is 0 Å². The molecule has 1 N–H and O–H groups in total. The van der Waals surface area contributed by atoms with E-state index in [-0.39, 0.29) is 22.2 Å². The number of benzene rings is 1. The van der Waals surface area contributed by atoms with Crippen molar-refractivity contribution in [3.63, 3.8) is 0 Å². The molecule has 2 aromatic rings. The first kappa shape index (κ1) is 17.2. The molecule has 3 nitrogen and oxygen atoms in total. The van der Waals surface area contributed by atoms with Gasteiger partial charge in [0.1, 0.15) is 0 Å². The number of carbonyl (C=O) groups is 1. The zero-order chi connectivity index (χ0) is 18.5. The molecule has 0 aliphatic heterocycles. The molecule has 27 heavy (non-hydrogen) atoms. The van der Waals surface area contributed by atoms with Crippen LogP contribution in [0.25, 0.3) is 0 Å². The first-order valence-corrected chi connectivity index (χ1v) is 10.4. The summed E-state index contributed by atoms with van der Waals surface area (Å²) in [7, 11) is 0. The Bertz CT molecular complexity index is 784. The highest BCUT2D eigenvalue weighted by Crippen LogP contribution is 2.63. The molecule has 4 saturated carbocycles. The van der Waals surface area contributed by atoms with Gasteiger partial charge in [-0.2, -0.15) is 0 Å². The maximum Gasteiger partial charge on any atom is 0.227 e. The molecule has 0 spiro atoms. The van der Waals surface area contributed by atoms with Crippen molar-refractivity contribution >= 4 is 17.5 Å². The molecule has 3 atom stereocenters. The molecule has 140 valence electrons. The number of alkyl halides is 1. The number of aromatic nitrogens is 1. The molecule has 4 aliphatic carbocycles. The molecule has 0 saturated heterocycles. The number of nitrogens with zero attached hydrogens (tertiary/aromatic N) is 1. The Morgan fingerprint density at radius 2 is 1.74 bits per heavy atom.